The molecule has 5 heteroatoms. The minimum absolute atomic E-state index is 0.250. The molecule has 70 valence electrons. The Morgan fingerprint density at radius 1 is 1.50 bits per heavy atom. The molecule has 0 bridgehead atoms. The first kappa shape index (κ1) is 10.9. The van der Waals surface area contributed by atoms with E-state index in [1.807, 2.05) is 5.43 Å². The fourth-order valence-corrected chi connectivity index (χ4v) is 0.585. The highest BCUT2D eigenvalue weighted by molar-refractivity contribution is 6.01. The van der Waals surface area contributed by atoms with E-state index in [-0.39, 0.29) is 6.61 Å². The Balaban J connectivity index is 4.38. The van der Waals surface area contributed by atoms with Gasteiger partial charge in [0.1, 0.15) is 5.41 Å². The van der Waals surface area contributed by atoms with Gasteiger partial charge in [-0.25, -0.2) is 5.84 Å². The first-order valence-electron chi connectivity index (χ1n) is 3.65. The zero-order chi connectivity index (χ0) is 9.78. The van der Waals surface area contributed by atoms with Crippen LogP contribution in [0.3, 0.4) is 0 Å². The Bertz CT molecular complexity index is 189. The van der Waals surface area contributed by atoms with E-state index < -0.39 is 17.3 Å². The molecule has 0 aromatic rings. The van der Waals surface area contributed by atoms with Crippen LogP contribution in [-0.2, 0) is 14.3 Å². The van der Waals surface area contributed by atoms with Crippen LogP contribution in [0, 0.1) is 5.41 Å². The molecule has 0 fully saturated rings. The molecule has 0 heterocycles. The second-order valence-corrected chi connectivity index (χ2v) is 2.82. The minimum Gasteiger partial charge on any atom is -0.465 e. The van der Waals surface area contributed by atoms with E-state index in [4.69, 9.17) is 5.84 Å². The molecule has 0 unspecified atom stereocenters. The quantitative estimate of drug-likeness (QED) is 0.200. The summed E-state index contributed by atoms with van der Waals surface area (Å²) in [6, 6.07) is 0. The van der Waals surface area contributed by atoms with Gasteiger partial charge in [0.25, 0.3) is 5.91 Å². The Morgan fingerprint density at radius 3 is 2.33 bits per heavy atom. The number of ether oxygens (including phenoxy) is 1. The fraction of sp³-hybridized carbons (Fsp3) is 0.714. The van der Waals surface area contributed by atoms with E-state index in [9.17, 15) is 9.59 Å². The van der Waals surface area contributed by atoms with Crippen LogP contribution < -0.4 is 11.3 Å². The third-order valence-corrected chi connectivity index (χ3v) is 1.48. The molecule has 0 rings (SSSR count). The zero-order valence-electron chi connectivity index (χ0n) is 7.51. The maximum absolute atomic E-state index is 11.1. The molecular weight excluding hydrogens is 160 g/mol. The van der Waals surface area contributed by atoms with Crippen molar-refractivity contribution in [3.05, 3.63) is 0 Å². The summed E-state index contributed by atoms with van der Waals surface area (Å²) < 4.78 is 4.67. The SMILES string of the molecule is CCOC(=O)C(C)(C)C(=O)NN. The Kier molecular flexibility index (Phi) is 3.69. The number of hydrazine groups is 1. The fourth-order valence-electron chi connectivity index (χ4n) is 0.585. The van der Waals surface area contributed by atoms with E-state index in [0.717, 1.165) is 0 Å². The van der Waals surface area contributed by atoms with E-state index in [1.54, 1.807) is 6.92 Å². The largest absolute Gasteiger partial charge is 0.465 e. The van der Waals surface area contributed by atoms with Gasteiger partial charge in [-0.15, -0.1) is 0 Å². The summed E-state index contributed by atoms with van der Waals surface area (Å²) in [6.07, 6.45) is 0. The van der Waals surface area contributed by atoms with Crippen molar-refractivity contribution in [1.29, 1.82) is 0 Å². The summed E-state index contributed by atoms with van der Waals surface area (Å²) >= 11 is 0. The van der Waals surface area contributed by atoms with Crippen LogP contribution >= 0.6 is 0 Å². The third-order valence-electron chi connectivity index (χ3n) is 1.48. The predicted molar refractivity (Wildman–Crippen MR) is 42.7 cm³/mol. The van der Waals surface area contributed by atoms with Gasteiger partial charge in [0.2, 0.25) is 0 Å². The zero-order valence-corrected chi connectivity index (χ0v) is 7.51. The number of rotatable bonds is 3. The molecular formula is C7H14N2O3. The van der Waals surface area contributed by atoms with Crippen LogP contribution in [0.25, 0.3) is 0 Å². The lowest BCUT2D eigenvalue weighted by Crippen LogP contribution is -2.46. The van der Waals surface area contributed by atoms with Gasteiger partial charge in [0.05, 0.1) is 6.61 Å². The average Bonchev–Trinajstić information content (AvgIpc) is 2.03. The third kappa shape index (κ3) is 2.20. The second-order valence-electron chi connectivity index (χ2n) is 2.82. The lowest BCUT2D eigenvalue weighted by Gasteiger charge is -2.19. The highest BCUT2D eigenvalue weighted by Gasteiger charge is 2.36. The van der Waals surface area contributed by atoms with Gasteiger partial charge in [-0.1, -0.05) is 0 Å². The molecule has 0 spiro atoms. The van der Waals surface area contributed by atoms with Crippen molar-refractivity contribution < 1.29 is 14.3 Å². The molecule has 5 nitrogen and oxygen atoms in total. The lowest BCUT2D eigenvalue weighted by atomic mass is 9.93. The number of carbonyl (C=O) groups is 2. The van der Waals surface area contributed by atoms with Crippen molar-refractivity contribution in [3.8, 4) is 0 Å². The number of nitrogens with two attached hydrogens (primary N) is 1. The number of esters is 1. The molecule has 3 N–H and O–H groups in total. The van der Waals surface area contributed by atoms with Crippen molar-refractivity contribution in [2.75, 3.05) is 6.61 Å². The van der Waals surface area contributed by atoms with Gasteiger partial charge >= 0.3 is 5.97 Å². The predicted octanol–water partition coefficient (Wildman–Crippen LogP) is -0.434. The van der Waals surface area contributed by atoms with Gasteiger partial charge in [0.15, 0.2) is 0 Å². The van der Waals surface area contributed by atoms with Crippen molar-refractivity contribution in [2.45, 2.75) is 20.8 Å². The van der Waals surface area contributed by atoms with Gasteiger partial charge in [-0.3, -0.25) is 15.0 Å². The van der Waals surface area contributed by atoms with Crippen LogP contribution in [0.4, 0.5) is 0 Å². The molecule has 0 aliphatic heterocycles. The molecule has 0 aromatic carbocycles. The first-order chi connectivity index (χ1) is 5.46. The van der Waals surface area contributed by atoms with E-state index in [1.165, 1.54) is 13.8 Å². The summed E-state index contributed by atoms with van der Waals surface area (Å²) in [6.45, 7) is 4.83. The van der Waals surface area contributed by atoms with Gasteiger partial charge in [-0.2, -0.15) is 0 Å². The van der Waals surface area contributed by atoms with Crippen LogP contribution in [0.2, 0.25) is 0 Å². The summed E-state index contributed by atoms with van der Waals surface area (Å²) in [5.74, 6) is 3.75. The van der Waals surface area contributed by atoms with Crippen molar-refractivity contribution >= 4 is 11.9 Å². The van der Waals surface area contributed by atoms with Crippen molar-refractivity contribution in [1.82, 2.24) is 5.43 Å². The number of carbonyl (C=O) groups excluding carboxylic acids is 2. The number of hydrogen-bond acceptors (Lipinski definition) is 4. The summed E-state index contributed by atoms with van der Waals surface area (Å²) in [5.41, 5.74) is 0.687. The molecule has 0 aromatic heterocycles. The van der Waals surface area contributed by atoms with E-state index >= 15 is 0 Å². The van der Waals surface area contributed by atoms with Crippen LogP contribution in [0.1, 0.15) is 20.8 Å². The highest BCUT2D eigenvalue weighted by atomic mass is 16.5. The van der Waals surface area contributed by atoms with Crippen molar-refractivity contribution in [2.24, 2.45) is 11.3 Å². The lowest BCUT2D eigenvalue weighted by molar-refractivity contribution is -0.158. The molecule has 1 amide bonds. The monoisotopic (exact) mass is 174 g/mol. The van der Waals surface area contributed by atoms with Crippen LogP contribution in [0.15, 0.2) is 0 Å². The Hall–Kier alpha value is -1.10. The van der Waals surface area contributed by atoms with E-state index in [2.05, 4.69) is 4.74 Å². The Morgan fingerprint density at radius 2 is 2.00 bits per heavy atom. The standard InChI is InChI=1S/C7H14N2O3/c1-4-12-6(11)7(2,3)5(10)9-8/h4,8H2,1-3H3,(H,9,10). The van der Waals surface area contributed by atoms with Crippen LogP contribution in [0.5, 0.6) is 0 Å². The second kappa shape index (κ2) is 4.06. The van der Waals surface area contributed by atoms with E-state index in [0.29, 0.717) is 0 Å². The smallest absolute Gasteiger partial charge is 0.321 e. The molecule has 0 aliphatic carbocycles. The molecule has 0 radical (unpaired) electrons. The molecule has 12 heavy (non-hydrogen) atoms. The number of hydrogen-bond donors (Lipinski definition) is 2. The number of nitrogens with one attached hydrogen (secondary N) is 1. The maximum atomic E-state index is 11.1. The average molecular weight is 174 g/mol. The summed E-state index contributed by atoms with van der Waals surface area (Å²) in [4.78, 5) is 22.1. The van der Waals surface area contributed by atoms with Gasteiger partial charge in [0, 0.05) is 0 Å². The molecule has 0 atom stereocenters. The van der Waals surface area contributed by atoms with Gasteiger partial charge < -0.3 is 4.74 Å². The minimum atomic E-state index is -1.22. The van der Waals surface area contributed by atoms with Gasteiger partial charge in [-0.05, 0) is 20.8 Å². The summed E-state index contributed by atoms with van der Waals surface area (Å²) in [7, 11) is 0. The summed E-state index contributed by atoms with van der Waals surface area (Å²) in [5, 5.41) is 0. The topological polar surface area (TPSA) is 81.4 Å². The Labute approximate surface area is 71.2 Å². The molecule has 0 saturated heterocycles. The first-order valence-corrected chi connectivity index (χ1v) is 3.65. The molecule has 0 aliphatic rings. The normalized spacial score (nSPS) is 10.7. The number of amides is 1. The maximum Gasteiger partial charge on any atom is 0.321 e. The molecule has 0 saturated carbocycles. The van der Waals surface area contributed by atoms with Crippen LogP contribution in [-0.4, -0.2) is 18.5 Å². The highest BCUT2D eigenvalue weighted by Crippen LogP contribution is 2.16. The van der Waals surface area contributed by atoms with Crippen molar-refractivity contribution in [3.63, 3.8) is 0 Å².